The summed E-state index contributed by atoms with van der Waals surface area (Å²) in [5.74, 6) is 0.0914. The van der Waals surface area contributed by atoms with E-state index in [1.165, 1.54) is 27.1 Å². The average molecular weight is 496 g/mol. The van der Waals surface area contributed by atoms with Crippen molar-refractivity contribution in [3.63, 3.8) is 0 Å². The Balaban J connectivity index is 1.27. The lowest BCUT2D eigenvalue weighted by molar-refractivity contribution is -0.113. The van der Waals surface area contributed by atoms with Crippen LogP contribution in [0.25, 0.3) is 0 Å². The first-order valence-corrected chi connectivity index (χ1v) is 13.1. The van der Waals surface area contributed by atoms with Gasteiger partial charge in [0, 0.05) is 34.6 Å². The summed E-state index contributed by atoms with van der Waals surface area (Å²) in [7, 11) is 1.83. The molecule has 1 N–H and O–H groups in total. The van der Waals surface area contributed by atoms with Crippen LogP contribution in [0.15, 0.2) is 64.7 Å². The third kappa shape index (κ3) is 4.59. The zero-order valence-electron chi connectivity index (χ0n) is 17.8. The van der Waals surface area contributed by atoms with Gasteiger partial charge in [0.25, 0.3) is 5.91 Å². The number of amides is 2. The van der Waals surface area contributed by atoms with E-state index in [9.17, 15) is 9.59 Å². The van der Waals surface area contributed by atoms with E-state index < -0.39 is 0 Å². The number of fused-ring (bicyclic) bond motifs is 1. The molecular weight excluding hydrogens is 474 g/mol. The predicted molar refractivity (Wildman–Crippen MR) is 132 cm³/mol. The predicted octanol–water partition coefficient (Wildman–Crippen LogP) is 4.46. The minimum Gasteiger partial charge on any atom is -0.326 e. The lowest BCUT2D eigenvalue weighted by Crippen LogP contribution is -2.39. The van der Waals surface area contributed by atoms with E-state index in [1.807, 2.05) is 18.0 Å². The molecule has 3 aromatic heterocycles. The second-order valence-corrected chi connectivity index (χ2v) is 10.5. The standard InChI is InChI=1S/C23H21N5O2S3/c1-27-14-24-26-23(27)33-13-20(29)25-16-6-4-15(5-7-16)22(30)28-10-8-18-17(9-12-32-18)21(28)19-3-2-11-31-19/h2-7,9,11-12,14,21H,8,10,13H2,1H3,(H,25,29)/t21-/m1/s1. The van der Waals surface area contributed by atoms with Gasteiger partial charge >= 0.3 is 0 Å². The van der Waals surface area contributed by atoms with E-state index in [0.717, 1.165) is 6.42 Å². The smallest absolute Gasteiger partial charge is 0.254 e. The second-order valence-electron chi connectivity index (χ2n) is 7.60. The molecule has 33 heavy (non-hydrogen) atoms. The van der Waals surface area contributed by atoms with E-state index in [0.29, 0.717) is 23.0 Å². The number of thiophene rings is 2. The number of carbonyl (C=O) groups excluding carboxylic acids is 2. The van der Waals surface area contributed by atoms with Crippen molar-refractivity contribution in [1.29, 1.82) is 0 Å². The first-order valence-electron chi connectivity index (χ1n) is 10.4. The average Bonchev–Trinajstić information content (AvgIpc) is 3.59. The molecule has 1 aliphatic rings. The Morgan fingerprint density at radius 1 is 1.15 bits per heavy atom. The van der Waals surface area contributed by atoms with Gasteiger partial charge in [0.1, 0.15) is 6.33 Å². The Bertz CT molecular complexity index is 1260. The number of aryl methyl sites for hydroxylation is 1. The van der Waals surface area contributed by atoms with Crippen LogP contribution in [-0.2, 0) is 18.3 Å². The molecule has 1 atom stereocenters. The van der Waals surface area contributed by atoms with Crippen LogP contribution in [0.4, 0.5) is 5.69 Å². The van der Waals surface area contributed by atoms with Crippen molar-refractivity contribution in [2.24, 2.45) is 7.05 Å². The second kappa shape index (κ2) is 9.50. The zero-order valence-corrected chi connectivity index (χ0v) is 20.3. The molecule has 0 radical (unpaired) electrons. The van der Waals surface area contributed by atoms with Crippen LogP contribution >= 0.6 is 34.4 Å². The molecule has 4 heterocycles. The van der Waals surface area contributed by atoms with Crippen LogP contribution in [0.5, 0.6) is 0 Å². The molecule has 1 aromatic carbocycles. The number of hydrogen-bond donors (Lipinski definition) is 1. The number of thioether (sulfide) groups is 1. The van der Waals surface area contributed by atoms with Gasteiger partial charge < -0.3 is 14.8 Å². The van der Waals surface area contributed by atoms with Gasteiger partial charge in [-0.15, -0.1) is 32.9 Å². The van der Waals surface area contributed by atoms with Gasteiger partial charge in [0.2, 0.25) is 5.91 Å². The molecule has 1 aliphatic heterocycles. The fraction of sp³-hybridized carbons (Fsp3) is 0.217. The molecule has 0 spiro atoms. The van der Waals surface area contributed by atoms with E-state index in [2.05, 4.69) is 38.4 Å². The Kier molecular flexibility index (Phi) is 6.30. The molecule has 4 aromatic rings. The number of carbonyl (C=O) groups is 2. The van der Waals surface area contributed by atoms with Gasteiger partial charge in [-0.05, 0) is 59.1 Å². The maximum absolute atomic E-state index is 13.5. The van der Waals surface area contributed by atoms with Gasteiger partial charge in [-0.25, -0.2) is 0 Å². The topological polar surface area (TPSA) is 80.1 Å². The number of nitrogens with one attached hydrogen (secondary N) is 1. The summed E-state index contributed by atoms with van der Waals surface area (Å²) in [6.45, 7) is 0.687. The van der Waals surface area contributed by atoms with Gasteiger partial charge in [-0.2, -0.15) is 0 Å². The molecule has 0 saturated heterocycles. The molecule has 2 amide bonds. The Morgan fingerprint density at radius 3 is 2.73 bits per heavy atom. The highest BCUT2D eigenvalue weighted by Gasteiger charge is 2.33. The van der Waals surface area contributed by atoms with Gasteiger partial charge in [0.05, 0.1) is 11.8 Å². The van der Waals surface area contributed by atoms with Crippen LogP contribution < -0.4 is 5.32 Å². The summed E-state index contributed by atoms with van der Waals surface area (Å²) in [5.41, 5.74) is 2.50. The first-order chi connectivity index (χ1) is 16.1. The summed E-state index contributed by atoms with van der Waals surface area (Å²) in [6.07, 6.45) is 2.47. The van der Waals surface area contributed by atoms with E-state index in [4.69, 9.17) is 0 Å². The maximum Gasteiger partial charge on any atom is 0.254 e. The van der Waals surface area contributed by atoms with Crippen LogP contribution in [0.1, 0.15) is 31.7 Å². The highest BCUT2D eigenvalue weighted by atomic mass is 32.2. The van der Waals surface area contributed by atoms with Crippen molar-refractivity contribution < 1.29 is 9.59 Å². The van der Waals surface area contributed by atoms with Crippen molar-refractivity contribution in [1.82, 2.24) is 19.7 Å². The van der Waals surface area contributed by atoms with Crippen LogP contribution in [0.2, 0.25) is 0 Å². The van der Waals surface area contributed by atoms with Crippen LogP contribution in [-0.4, -0.2) is 43.8 Å². The minimum atomic E-state index is -0.138. The number of rotatable bonds is 6. The number of anilines is 1. The largest absolute Gasteiger partial charge is 0.326 e. The minimum absolute atomic E-state index is 0.000893. The maximum atomic E-state index is 13.5. The van der Waals surface area contributed by atoms with E-state index in [-0.39, 0.29) is 23.6 Å². The highest BCUT2D eigenvalue weighted by molar-refractivity contribution is 7.99. The van der Waals surface area contributed by atoms with Crippen molar-refractivity contribution in [2.45, 2.75) is 17.6 Å². The molecule has 0 aliphatic carbocycles. The summed E-state index contributed by atoms with van der Waals surface area (Å²) in [6, 6.07) is 13.3. The molecule has 0 unspecified atom stereocenters. The molecule has 10 heteroatoms. The lowest BCUT2D eigenvalue weighted by Gasteiger charge is -2.35. The first kappa shape index (κ1) is 21.9. The monoisotopic (exact) mass is 495 g/mol. The summed E-state index contributed by atoms with van der Waals surface area (Å²) in [5, 5.41) is 15.5. The third-order valence-electron chi connectivity index (χ3n) is 5.46. The summed E-state index contributed by atoms with van der Waals surface area (Å²) >= 11 is 4.76. The molecule has 5 rings (SSSR count). The van der Waals surface area contributed by atoms with E-state index >= 15 is 0 Å². The Hall–Kier alpha value is -2.95. The normalized spacial score (nSPS) is 15.3. The van der Waals surface area contributed by atoms with Gasteiger partial charge in [-0.1, -0.05) is 17.8 Å². The van der Waals surface area contributed by atoms with Gasteiger partial charge in [-0.3, -0.25) is 9.59 Å². The highest BCUT2D eigenvalue weighted by Crippen LogP contribution is 2.40. The molecule has 0 saturated carbocycles. The fourth-order valence-electron chi connectivity index (χ4n) is 3.88. The number of benzene rings is 1. The van der Waals surface area contributed by atoms with Crippen LogP contribution in [0.3, 0.4) is 0 Å². The number of nitrogens with zero attached hydrogens (tertiary/aromatic N) is 4. The molecule has 168 valence electrons. The zero-order chi connectivity index (χ0) is 22.8. The van der Waals surface area contributed by atoms with Gasteiger partial charge in [0.15, 0.2) is 5.16 Å². The quantitative estimate of drug-likeness (QED) is 0.400. The van der Waals surface area contributed by atoms with E-state index in [1.54, 1.807) is 57.8 Å². The van der Waals surface area contributed by atoms with Crippen molar-refractivity contribution in [2.75, 3.05) is 17.6 Å². The molecule has 0 fully saturated rings. The van der Waals surface area contributed by atoms with Crippen LogP contribution in [0, 0.1) is 0 Å². The SMILES string of the molecule is Cn1cnnc1SCC(=O)Nc1ccc(C(=O)N2CCc3sccc3[C@@H]2c2cccs2)cc1. The third-order valence-corrected chi connectivity index (χ3v) is 8.41. The van der Waals surface area contributed by atoms with Crippen molar-refractivity contribution in [3.05, 3.63) is 80.4 Å². The Morgan fingerprint density at radius 2 is 2.00 bits per heavy atom. The summed E-state index contributed by atoms with van der Waals surface area (Å²) in [4.78, 5) is 30.2. The molecule has 7 nitrogen and oxygen atoms in total. The fourth-order valence-corrected chi connectivity index (χ4v) is 6.33. The lowest BCUT2D eigenvalue weighted by atomic mass is 9.97. The van der Waals surface area contributed by atoms with Crippen molar-refractivity contribution >= 4 is 51.9 Å². The Labute approximate surface area is 203 Å². The number of hydrogen-bond acceptors (Lipinski definition) is 7. The van der Waals surface area contributed by atoms with Crippen molar-refractivity contribution in [3.8, 4) is 0 Å². The molecule has 0 bridgehead atoms. The summed E-state index contributed by atoms with van der Waals surface area (Å²) < 4.78 is 1.77. The molecular formula is C23H21N5O2S3. The number of aromatic nitrogens is 3.